The van der Waals surface area contributed by atoms with Crippen LogP contribution in [0.4, 0.5) is 23.1 Å². The number of carbonyl (C=O) groups excluding carboxylic acids is 1. The number of aromatic nitrogens is 2. The molecule has 1 atom stereocenters. The summed E-state index contributed by atoms with van der Waals surface area (Å²) in [5, 5.41) is 0. The van der Waals surface area contributed by atoms with Crippen LogP contribution in [0.25, 0.3) is 0 Å². The molecule has 0 saturated heterocycles. The van der Waals surface area contributed by atoms with Crippen LogP contribution < -0.4 is 14.7 Å². The lowest BCUT2D eigenvalue weighted by atomic mass is 10.0. The standard InChI is InChI=1S/C22H29N5O/c1-4-18-21(28)25(3)19-15-23-22(26(5-2)16-11-7-6-8-12-16)24-20(19)27(18)17-13-9-10-14-17/h6-8,11-12,15,17-18H,4-5,9-10,13-14H2,1-3H3/t18-/m1/s1. The number of anilines is 4. The highest BCUT2D eigenvalue weighted by molar-refractivity contribution is 6.04. The molecule has 1 aliphatic heterocycles. The zero-order valence-corrected chi connectivity index (χ0v) is 17.0. The van der Waals surface area contributed by atoms with Crippen molar-refractivity contribution in [3.05, 3.63) is 36.5 Å². The summed E-state index contributed by atoms with van der Waals surface area (Å²) in [6.45, 7) is 4.97. The van der Waals surface area contributed by atoms with Crippen LogP contribution >= 0.6 is 0 Å². The second-order valence-electron chi connectivity index (χ2n) is 7.63. The highest BCUT2D eigenvalue weighted by Crippen LogP contribution is 2.40. The third kappa shape index (κ3) is 3.11. The number of nitrogens with zero attached hydrogens (tertiary/aromatic N) is 5. The molecular weight excluding hydrogens is 350 g/mol. The monoisotopic (exact) mass is 379 g/mol. The average molecular weight is 380 g/mol. The fourth-order valence-corrected chi connectivity index (χ4v) is 4.55. The van der Waals surface area contributed by atoms with E-state index in [0.717, 1.165) is 43.0 Å². The van der Waals surface area contributed by atoms with Crippen molar-refractivity contribution in [1.29, 1.82) is 0 Å². The van der Waals surface area contributed by atoms with Crippen LogP contribution in [0, 0.1) is 0 Å². The van der Waals surface area contributed by atoms with Crippen LogP contribution in [0.3, 0.4) is 0 Å². The van der Waals surface area contributed by atoms with E-state index in [0.29, 0.717) is 12.0 Å². The fraction of sp³-hybridized carbons (Fsp3) is 0.500. The molecule has 0 spiro atoms. The quantitative estimate of drug-likeness (QED) is 0.781. The predicted octanol–water partition coefficient (Wildman–Crippen LogP) is 4.14. The summed E-state index contributed by atoms with van der Waals surface area (Å²) >= 11 is 0. The third-order valence-corrected chi connectivity index (χ3v) is 6.02. The van der Waals surface area contributed by atoms with Gasteiger partial charge in [0.2, 0.25) is 11.9 Å². The Labute approximate surface area is 167 Å². The largest absolute Gasteiger partial charge is 0.340 e. The molecule has 2 heterocycles. The Morgan fingerprint density at radius 3 is 2.50 bits per heavy atom. The molecule has 1 saturated carbocycles. The maximum atomic E-state index is 13.0. The molecule has 0 unspecified atom stereocenters. The fourth-order valence-electron chi connectivity index (χ4n) is 4.55. The van der Waals surface area contributed by atoms with Crippen molar-refractivity contribution in [3.63, 3.8) is 0 Å². The maximum absolute atomic E-state index is 13.0. The first-order valence-corrected chi connectivity index (χ1v) is 10.4. The van der Waals surface area contributed by atoms with Gasteiger partial charge in [0.25, 0.3) is 0 Å². The highest BCUT2D eigenvalue weighted by atomic mass is 16.2. The number of rotatable bonds is 5. The zero-order valence-electron chi connectivity index (χ0n) is 17.0. The van der Waals surface area contributed by atoms with E-state index in [-0.39, 0.29) is 11.9 Å². The van der Waals surface area contributed by atoms with Crippen molar-refractivity contribution in [2.45, 2.75) is 58.0 Å². The van der Waals surface area contributed by atoms with Crippen molar-refractivity contribution in [3.8, 4) is 0 Å². The minimum atomic E-state index is -0.143. The Kier molecular flexibility index (Phi) is 5.20. The number of para-hydroxylation sites is 1. The minimum Gasteiger partial charge on any atom is -0.340 e. The van der Waals surface area contributed by atoms with Gasteiger partial charge in [0.15, 0.2) is 5.82 Å². The number of likely N-dealkylation sites (N-methyl/N-ethyl adjacent to an activating group) is 1. The number of hydrogen-bond acceptors (Lipinski definition) is 5. The smallest absolute Gasteiger partial charge is 0.249 e. The molecule has 1 aromatic heterocycles. The van der Waals surface area contributed by atoms with E-state index in [2.05, 4.69) is 40.8 Å². The Morgan fingerprint density at radius 2 is 1.86 bits per heavy atom. The Hall–Kier alpha value is -2.63. The van der Waals surface area contributed by atoms with Gasteiger partial charge >= 0.3 is 0 Å². The molecule has 1 aromatic carbocycles. The summed E-state index contributed by atoms with van der Waals surface area (Å²) in [6, 6.07) is 10.5. The first-order chi connectivity index (χ1) is 13.7. The van der Waals surface area contributed by atoms with Crippen molar-refractivity contribution >= 4 is 29.0 Å². The molecule has 1 aliphatic carbocycles. The summed E-state index contributed by atoms with van der Waals surface area (Å²) in [6.07, 6.45) is 7.30. The van der Waals surface area contributed by atoms with Crippen LogP contribution in [0.5, 0.6) is 0 Å². The lowest BCUT2D eigenvalue weighted by molar-refractivity contribution is -0.120. The molecule has 6 heteroatoms. The number of amides is 1. The second kappa shape index (κ2) is 7.78. The lowest BCUT2D eigenvalue weighted by Crippen LogP contribution is -2.55. The summed E-state index contributed by atoms with van der Waals surface area (Å²) < 4.78 is 0. The zero-order chi connectivity index (χ0) is 19.7. The molecule has 2 aromatic rings. The number of hydrogen-bond donors (Lipinski definition) is 0. The van der Waals surface area contributed by atoms with Crippen LogP contribution in [-0.4, -0.2) is 41.6 Å². The second-order valence-corrected chi connectivity index (χ2v) is 7.63. The molecule has 148 valence electrons. The topological polar surface area (TPSA) is 52.6 Å². The van der Waals surface area contributed by atoms with Gasteiger partial charge in [-0.05, 0) is 38.3 Å². The number of carbonyl (C=O) groups is 1. The summed E-state index contributed by atoms with van der Waals surface area (Å²) in [5.74, 6) is 1.74. The van der Waals surface area contributed by atoms with Gasteiger partial charge in [-0.3, -0.25) is 4.79 Å². The van der Waals surface area contributed by atoms with Crippen LogP contribution in [0.15, 0.2) is 36.5 Å². The maximum Gasteiger partial charge on any atom is 0.249 e. The van der Waals surface area contributed by atoms with Gasteiger partial charge in [0.1, 0.15) is 11.7 Å². The molecule has 1 amide bonds. The van der Waals surface area contributed by atoms with Gasteiger partial charge in [-0.15, -0.1) is 0 Å². The van der Waals surface area contributed by atoms with E-state index in [4.69, 9.17) is 4.98 Å². The Balaban J connectivity index is 1.80. The van der Waals surface area contributed by atoms with Crippen LogP contribution in [-0.2, 0) is 4.79 Å². The van der Waals surface area contributed by atoms with Crippen molar-refractivity contribution in [2.24, 2.45) is 0 Å². The van der Waals surface area contributed by atoms with Crippen molar-refractivity contribution < 1.29 is 4.79 Å². The third-order valence-electron chi connectivity index (χ3n) is 6.02. The predicted molar refractivity (Wildman–Crippen MR) is 113 cm³/mol. The molecular formula is C22H29N5O. The normalized spacial score (nSPS) is 19.8. The molecule has 1 fully saturated rings. The highest BCUT2D eigenvalue weighted by Gasteiger charge is 2.41. The van der Waals surface area contributed by atoms with E-state index < -0.39 is 0 Å². The summed E-state index contributed by atoms with van der Waals surface area (Å²) in [7, 11) is 1.84. The molecule has 4 rings (SSSR count). The van der Waals surface area contributed by atoms with E-state index >= 15 is 0 Å². The molecule has 28 heavy (non-hydrogen) atoms. The van der Waals surface area contributed by atoms with Crippen LogP contribution in [0.1, 0.15) is 46.0 Å². The van der Waals surface area contributed by atoms with Crippen molar-refractivity contribution in [2.75, 3.05) is 28.3 Å². The van der Waals surface area contributed by atoms with Gasteiger partial charge in [-0.2, -0.15) is 4.98 Å². The average Bonchev–Trinajstić information content (AvgIpc) is 3.26. The molecule has 0 N–H and O–H groups in total. The first-order valence-electron chi connectivity index (χ1n) is 10.4. The molecule has 0 bridgehead atoms. The van der Waals surface area contributed by atoms with Crippen LogP contribution in [0.2, 0.25) is 0 Å². The first kappa shape index (κ1) is 18.7. The summed E-state index contributed by atoms with van der Waals surface area (Å²) in [4.78, 5) is 28.8. The molecule has 2 aliphatic rings. The summed E-state index contributed by atoms with van der Waals surface area (Å²) in [5.41, 5.74) is 1.89. The van der Waals surface area contributed by atoms with Crippen molar-refractivity contribution in [1.82, 2.24) is 9.97 Å². The van der Waals surface area contributed by atoms with E-state index in [1.807, 2.05) is 31.4 Å². The van der Waals surface area contributed by atoms with Gasteiger partial charge in [0, 0.05) is 25.3 Å². The van der Waals surface area contributed by atoms with Gasteiger partial charge in [-0.1, -0.05) is 38.0 Å². The van der Waals surface area contributed by atoms with E-state index in [1.165, 1.54) is 12.8 Å². The Bertz CT molecular complexity index is 834. The van der Waals surface area contributed by atoms with Gasteiger partial charge < -0.3 is 14.7 Å². The van der Waals surface area contributed by atoms with Gasteiger partial charge in [-0.25, -0.2) is 4.98 Å². The SMILES string of the molecule is CC[C@@H]1C(=O)N(C)c2cnc(N(CC)c3ccccc3)nc2N1C1CCCC1. The number of benzene rings is 1. The van der Waals surface area contributed by atoms with Gasteiger partial charge in [0.05, 0.1) is 6.20 Å². The molecule has 6 nitrogen and oxygen atoms in total. The Morgan fingerprint density at radius 1 is 1.14 bits per heavy atom. The lowest BCUT2D eigenvalue weighted by Gasteiger charge is -2.43. The number of fused-ring (bicyclic) bond motifs is 1. The van der Waals surface area contributed by atoms with E-state index in [9.17, 15) is 4.79 Å². The molecule has 0 radical (unpaired) electrons. The van der Waals surface area contributed by atoms with E-state index in [1.54, 1.807) is 4.90 Å². The minimum absolute atomic E-state index is 0.143.